The summed E-state index contributed by atoms with van der Waals surface area (Å²) in [5.74, 6) is 1.03. The molecule has 0 aromatic heterocycles. The van der Waals surface area contributed by atoms with Crippen molar-refractivity contribution in [3.63, 3.8) is 0 Å². The van der Waals surface area contributed by atoms with E-state index in [0.717, 1.165) is 12.2 Å². The van der Waals surface area contributed by atoms with Crippen LogP contribution in [0.5, 0.6) is 0 Å². The Bertz CT molecular complexity index is 256. The lowest BCUT2D eigenvalue weighted by Gasteiger charge is -2.37. The summed E-state index contributed by atoms with van der Waals surface area (Å²) < 4.78 is 6.13. The Morgan fingerprint density at radius 2 is 1.93 bits per heavy atom. The SMILES string of the molecule is CC(C)(C)[Si](C)(C)OC1=C[CH]CC=C1. The molecule has 2 heteroatoms. The third-order valence-corrected chi connectivity index (χ3v) is 7.37. The lowest BCUT2D eigenvalue weighted by molar-refractivity contribution is 0.398. The van der Waals surface area contributed by atoms with Crippen molar-refractivity contribution in [3.8, 4) is 0 Å². The molecule has 1 radical (unpaired) electrons. The maximum atomic E-state index is 6.13. The molecule has 0 aliphatic heterocycles. The fourth-order valence-corrected chi connectivity index (χ4v) is 2.05. The maximum Gasteiger partial charge on any atom is 0.250 e. The normalized spacial score (nSPS) is 17.9. The van der Waals surface area contributed by atoms with Gasteiger partial charge in [0, 0.05) is 0 Å². The molecule has 0 unspecified atom stereocenters. The lowest BCUT2D eigenvalue weighted by Crippen LogP contribution is -2.40. The van der Waals surface area contributed by atoms with Gasteiger partial charge in [-0.2, -0.15) is 0 Å². The van der Waals surface area contributed by atoms with Gasteiger partial charge in [-0.15, -0.1) is 0 Å². The van der Waals surface area contributed by atoms with E-state index in [1.807, 2.05) is 0 Å². The molecule has 0 spiro atoms. The number of allylic oxidation sites excluding steroid dienone is 3. The Hall–Kier alpha value is -0.503. The van der Waals surface area contributed by atoms with Crippen LogP contribution in [-0.2, 0) is 4.43 Å². The summed E-state index contributed by atoms with van der Waals surface area (Å²) in [6.07, 6.45) is 9.48. The Morgan fingerprint density at radius 3 is 2.36 bits per heavy atom. The van der Waals surface area contributed by atoms with Crippen LogP contribution >= 0.6 is 0 Å². The van der Waals surface area contributed by atoms with Crippen LogP contribution in [0.2, 0.25) is 18.1 Å². The first-order chi connectivity index (χ1) is 6.33. The van der Waals surface area contributed by atoms with E-state index in [0.29, 0.717) is 0 Å². The summed E-state index contributed by atoms with van der Waals surface area (Å²) in [6, 6.07) is 0. The highest BCUT2D eigenvalue weighted by molar-refractivity contribution is 6.74. The fourth-order valence-electron chi connectivity index (χ4n) is 1.02. The molecule has 1 aliphatic rings. The molecule has 14 heavy (non-hydrogen) atoms. The van der Waals surface area contributed by atoms with Crippen molar-refractivity contribution < 1.29 is 4.43 Å². The molecule has 1 nitrogen and oxygen atoms in total. The molecule has 0 amide bonds. The van der Waals surface area contributed by atoms with Gasteiger partial charge in [0.1, 0.15) is 0 Å². The third-order valence-electron chi connectivity index (χ3n) is 3.02. The van der Waals surface area contributed by atoms with Gasteiger partial charge in [-0.25, -0.2) is 0 Å². The van der Waals surface area contributed by atoms with Gasteiger partial charge in [-0.05, 0) is 43.1 Å². The molecule has 0 saturated carbocycles. The van der Waals surface area contributed by atoms with Gasteiger partial charge in [-0.3, -0.25) is 0 Å². The lowest BCUT2D eigenvalue weighted by atomic mass is 10.2. The first-order valence-electron chi connectivity index (χ1n) is 5.22. The minimum atomic E-state index is -1.63. The van der Waals surface area contributed by atoms with Crippen LogP contribution < -0.4 is 0 Å². The van der Waals surface area contributed by atoms with Crippen molar-refractivity contribution in [1.29, 1.82) is 0 Å². The molecular weight excluding hydrogens is 188 g/mol. The average molecular weight is 209 g/mol. The Labute approximate surface area is 89.0 Å². The quantitative estimate of drug-likeness (QED) is 0.623. The number of hydrogen-bond donors (Lipinski definition) is 0. The van der Waals surface area contributed by atoms with Crippen LogP contribution in [0, 0.1) is 6.42 Å². The Balaban J connectivity index is 2.68. The highest BCUT2D eigenvalue weighted by Crippen LogP contribution is 2.38. The van der Waals surface area contributed by atoms with Crippen molar-refractivity contribution in [3.05, 3.63) is 30.4 Å². The monoisotopic (exact) mass is 209 g/mol. The summed E-state index contributed by atoms with van der Waals surface area (Å²) in [5, 5.41) is 0.277. The van der Waals surface area contributed by atoms with Gasteiger partial charge < -0.3 is 4.43 Å². The van der Waals surface area contributed by atoms with Crippen LogP contribution in [-0.4, -0.2) is 8.32 Å². The number of rotatable bonds is 2. The van der Waals surface area contributed by atoms with E-state index in [4.69, 9.17) is 4.43 Å². The molecule has 0 fully saturated rings. The van der Waals surface area contributed by atoms with E-state index in [-0.39, 0.29) is 5.04 Å². The van der Waals surface area contributed by atoms with Crippen molar-refractivity contribution in [1.82, 2.24) is 0 Å². The molecule has 1 aliphatic carbocycles. The first-order valence-corrected chi connectivity index (χ1v) is 8.13. The minimum Gasteiger partial charge on any atom is -0.544 e. The van der Waals surface area contributed by atoms with Gasteiger partial charge >= 0.3 is 0 Å². The van der Waals surface area contributed by atoms with Crippen molar-refractivity contribution >= 4 is 8.32 Å². The van der Waals surface area contributed by atoms with Gasteiger partial charge in [0.25, 0.3) is 0 Å². The molecule has 0 saturated heterocycles. The largest absolute Gasteiger partial charge is 0.544 e. The standard InChI is InChI=1S/C12H21OSi/c1-12(2,3)14(4,5)13-11-9-7-6-8-10-11/h7-10H,6H2,1-5H3. The number of hydrogen-bond acceptors (Lipinski definition) is 1. The Morgan fingerprint density at radius 1 is 1.29 bits per heavy atom. The second-order valence-electron chi connectivity index (χ2n) is 5.31. The van der Waals surface area contributed by atoms with Crippen LogP contribution in [0.3, 0.4) is 0 Å². The molecular formula is C12H21OSi. The minimum absolute atomic E-state index is 0.277. The third kappa shape index (κ3) is 2.74. The van der Waals surface area contributed by atoms with E-state index < -0.39 is 8.32 Å². The van der Waals surface area contributed by atoms with E-state index in [9.17, 15) is 0 Å². The molecule has 0 heterocycles. The van der Waals surface area contributed by atoms with Gasteiger partial charge in [0.05, 0.1) is 5.76 Å². The van der Waals surface area contributed by atoms with Gasteiger partial charge in [-0.1, -0.05) is 26.8 Å². The van der Waals surface area contributed by atoms with Crippen LogP contribution in [0.15, 0.2) is 24.0 Å². The topological polar surface area (TPSA) is 9.23 Å². The first kappa shape index (κ1) is 11.6. The molecule has 79 valence electrons. The molecule has 0 atom stereocenters. The van der Waals surface area contributed by atoms with E-state index in [1.54, 1.807) is 0 Å². The van der Waals surface area contributed by atoms with Gasteiger partial charge in [0.2, 0.25) is 8.32 Å². The zero-order valence-corrected chi connectivity index (χ0v) is 10.9. The summed E-state index contributed by atoms with van der Waals surface area (Å²) in [5.41, 5.74) is 0. The van der Waals surface area contributed by atoms with E-state index in [2.05, 4.69) is 58.5 Å². The smallest absolute Gasteiger partial charge is 0.250 e. The molecule has 0 N–H and O–H groups in total. The highest BCUT2D eigenvalue weighted by Gasteiger charge is 2.39. The molecule has 1 rings (SSSR count). The van der Waals surface area contributed by atoms with Crippen molar-refractivity contribution in [2.75, 3.05) is 0 Å². The van der Waals surface area contributed by atoms with Gasteiger partial charge in [0.15, 0.2) is 0 Å². The summed E-state index contributed by atoms with van der Waals surface area (Å²) in [7, 11) is -1.63. The molecule has 0 aromatic rings. The maximum absolute atomic E-state index is 6.13. The predicted molar refractivity (Wildman–Crippen MR) is 64.4 cm³/mol. The zero-order chi connectivity index (χ0) is 10.8. The van der Waals surface area contributed by atoms with E-state index in [1.165, 1.54) is 0 Å². The highest BCUT2D eigenvalue weighted by atomic mass is 28.4. The zero-order valence-electron chi connectivity index (χ0n) is 9.92. The van der Waals surface area contributed by atoms with Crippen molar-refractivity contribution in [2.24, 2.45) is 0 Å². The second-order valence-corrected chi connectivity index (χ2v) is 10.0. The summed E-state index contributed by atoms with van der Waals surface area (Å²) in [4.78, 5) is 0. The van der Waals surface area contributed by atoms with Crippen LogP contribution in [0.25, 0.3) is 0 Å². The predicted octanol–water partition coefficient (Wildman–Crippen LogP) is 4.06. The van der Waals surface area contributed by atoms with E-state index >= 15 is 0 Å². The Kier molecular flexibility index (Phi) is 3.25. The molecule has 0 aromatic carbocycles. The molecule has 0 bridgehead atoms. The summed E-state index contributed by atoms with van der Waals surface area (Å²) in [6.45, 7) is 11.3. The second kappa shape index (κ2) is 3.93. The summed E-state index contributed by atoms with van der Waals surface area (Å²) >= 11 is 0. The van der Waals surface area contributed by atoms with Crippen molar-refractivity contribution in [2.45, 2.75) is 45.3 Å². The fraction of sp³-hybridized carbons (Fsp3) is 0.583. The van der Waals surface area contributed by atoms with Crippen LogP contribution in [0.1, 0.15) is 27.2 Å². The van der Waals surface area contributed by atoms with Crippen LogP contribution in [0.4, 0.5) is 0 Å². The average Bonchev–Trinajstić information content (AvgIpc) is 2.03.